The molecular formula is C120H71B2N7O4. The highest BCUT2D eigenvalue weighted by Crippen LogP contribution is 2.48. The third kappa shape index (κ3) is 10.2. The highest BCUT2D eigenvalue weighted by Gasteiger charge is 2.45. The Labute approximate surface area is 761 Å². The van der Waals surface area contributed by atoms with Crippen molar-refractivity contribution >= 4 is 199 Å². The molecule has 0 unspecified atom stereocenters. The lowest BCUT2D eigenvalue weighted by Crippen LogP contribution is -2.58. The van der Waals surface area contributed by atoms with Gasteiger partial charge in [0.25, 0.3) is 13.4 Å². The quantitative estimate of drug-likeness (QED) is 0.149. The van der Waals surface area contributed by atoms with Crippen LogP contribution < -0.4 is 51.7 Å². The molecule has 20 aromatic carbocycles. The maximum Gasteiger partial charge on any atom is 0.263 e. The van der Waals surface area contributed by atoms with Crippen molar-refractivity contribution in [3.05, 3.63) is 431 Å². The number of rotatable bonds is 7. The second kappa shape index (κ2) is 27.4. The van der Waals surface area contributed by atoms with Gasteiger partial charge < -0.3 is 50.9 Å². The summed E-state index contributed by atoms with van der Waals surface area (Å²) in [6.45, 7) is -0.305. The summed E-state index contributed by atoms with van der Waals surface area (Å²) in [4.78, 5) is 0. The third-order valence-corrected chi connectivity index (χ3v) is 28.8. The number of fused-ring (bicyclic) bond motifs is 29. The van der Waals surface area contributed by atoms with Crippen LogP contribution in [-0.2, 0) is 0 Å². The summed E-state index contributed by atoms with van der Waals surface area (Å²) < 4.78 is 45.2. The lowest BCUT2D eigenvalue weighted by atomic mass is 9.34. The molecule has 11 nitrogen and oxygen atoms in total. The molecule has 133 heavy (non-hydrogen) atoms. The van der Waals surface area contributed by atoms with E-state index in [0.29, 0.717) is 0 Å². The molecule has 0 saturated carbocycles. The molecule has 31 rings (SSSR count). The molecular weight excluding hydrogens is 1620 g/mol. The summed E-state index contributed by atoms with van der Waals surface area (Å²) in [5.74, 6) is 6.57. The monoisotopic (exact) mass is 1700 g/mol. The van der Waals surface area contributed by atoms with Crippen LogP contribution in [-0.4, -0.2) is 45.4 Å². The van der Waals surface area contributed by atoms with Gasteiger partial charge in [-0.2, -0.15) is 0 Å². The summed E-state index contributed by atoms with van der Waals surface area (Å²) in [6, 6.07) is 156. The normalized spacial score (nSPS) is 12.9. The minimum atomic E-state index is -0.195. The van der Waals surface area contributed by atoms with Gasteiger partial charge in [-0.1, -0.05) is 243 Å². The van der Waals surface area contributed by atoms with E-state index in [1.54, 1.807) is 0 Å². The zero-order valence-corrected chi connectivity index (χ0v) is 71.4. The molecule has 0 fully saturated rings. The molecule has 0 radical (unpaired) electrons. The van der Waals surface area contributed by atoms with Gasteiger partial charge in [0, 0.05) is 139 Å². The van der Waals surface area contributed by atoms with Crippen molar-refractivity contribution in [2.75, 3.05) is 0 Å². The fourth-order valence-corrected chi connectivity index (χ4v) is 23.4. The number of benzene rings is 20. The number of hydrogen-bond acceptors (Lipinski definition) is 4. The van der Waals surface area contributed by atoms with Crippen LogP contribution in [0.1, 0.15) is 0 Å². The van der Waals surface area contributed by atoms with Crippen molar-refractivity contribution < 1.29 is 18.9 Å². The minimum Gasteiger partial charge on any atom is -0.458 e. The standard InChI is InChI=1S/C66H39BN4O2.C54H32BN3O2/c1-8-22-54-44(15-1)45-16-2-9-23-55(45)68(54)40-29-32-61-51(35-40)50-21-7-14-28-60(50)71(61)43-38-64-66-65(39-43)73-63-34-31-42(70-58-26-12-5-19-48(58)49-20-6-13-27-59(49)70)37-53(63)67(66)52-36-41(30-33-62(52)72-64)69-56-24-10-3-17-46(56)47-18-4-11-25-57(47)69;1-7-20-42-35(14-1)36-15-2-8-21-43(36)56(42)33-28-29-47-40(30-33)39-18-5-9-22-44(39)57(47)34-31-51-54-52(32-34)60-50-27-13-25-48(53(50)55(54)41-19-6-12-26-49(41)59-51)58-45-23-10-3-16-37(45)38-17-4-11-24-46(38)58/h1-39H;1-32H. The number of aromatic nitrogens is 7. The number of para-hydroxylation sites is 13. The van der Waals surface area contributed by atoms with Gasteiger partial charge in [-0.15, -0.1) is 0 Å². The van der Waals surface area contributed by atoms with E-state index in [2.05, 4.69) is 463 Å². The Hall–Kier alpha value is -17.7. The first-order chi connectivity index (χ1) is 66.0. The lowest BCUT2D eigenvalue weighted by molar-refractivity contribution is 0.463. The minimum absolute atomic E-state index is 0.110. The first kappa shape index (κ1) is 72.4. The molecule has 0 spiro atoms. The third-order valence-electron chi connectivity index (χ3n) is 28.8. The lowest BCUT2D eigenvalue weighted by Gasteiger charge is -2.34. The van der Waals surface area contributed by atoms with Crippen molar-refractivity contribution in [3.8, 4) is 85.8 Å². The zero-order valence-electron chi connectivity index (χ0n) is 71.4. The zero-order chi connectivity index (χ0) is 86.5. The maximum atomic E-state index is 7.21. The fraction of sp³-hybridized carbons (Fsp3) is 0. The van der Waals surface area contributed by atoms with Gasteiger partial charge in [0.05, 0.1) is 88.6 Å². The smallest absolute Gasteiger partial charge is 0.263 e. The van der Waals surface area contributed by atoms with E-state index in [9.17, 15) is 0 Å². The molecule has 0 bridgehead atoms. The van der Waals surface area contributed by atoms with Crippen molar-refractivity contribution in [1.82, 2.24) is 32.0 Å². The summed E-state index contributed by atoms with van der Waals surface area (Å²) in [7, 11) is 0. The van der Waals surface area contributed by atoms with Gasteiger partial charge in [0.1, 0.15) is 46.0 Å². The Morgan fingerprint density at radius 2 is 0.368 bits per heavy atom. The molecule has 13 heteroatoms. The molecule has 4 aliphatic rings. The Morgan fingerprint density at radius 3 is 0.699 bits per heavy atom. The molecule has 0 amide bonds. The summed E-state index contributed by atoms with van der Waals surface area (Å²) in [5.41, 5.74) is 30.2. The van der Waals surface area contributed by atoms with Crippen molar-refractivity contribution in [3.63, 3.8) is 0 Å². The van der Waals surface area contributed by atoms with Gasteiger partial charge in [-0.05, 0) is 186 Å². The van der Waals surface area contributed by atoms with Crippen LogP contribution in [0.3, 0.4) is 0 Å². The van der Waals surface area contributed by atoms with E-state index in [1.807, 2.05) is 0 Å². The number of ether oxygens (including phenoxy) is 4. The van der Waals surface area contributed by atoms with Gasteiger partial charge in [-0.25, -0.2) is 0 Å². The van der Waals surface area contributed by atoms with E-state index in [4.69, 9.17) is 18.9 Å². The SMILES string of the molecule is c1ccc2c(c1)Oc1cc(-n3c4ccccc4c4cc(-n5c6ccccc6c6ccccc65)ccc43)cc3c1B2c1c(cccc1-n1c2ccccc2c2ccccc21)O3.c1ccc2c(c1)c1ccccc1n2-c1ccc2c(c1)B1c3cc(-n4c5ccccc5c5ccccc54)ccc3Oc3cc(-n4c5ccccc5c5cc(-n6c7ccccc7c7ccccc76)ccc54)cc(c31)O2. The Bertz CT molecular complexity index is 9350. The highest BCUT2D eigenvalue weighted by atomic mass is 16.5. The van der Waals surface area contributed by atoms with Gasteiger partial charge in [-0.3, -0.25) is 0 Å². The van der Waals surface area contributed by atoms with Gasteiger partial charge in [0.2, 0.25) is 0 Å². The second-order valence-electron chi connectivity index (χ2n) is 35.6. The van der Waals surface area contributed by atoms with Crippen molar-refractivity contribution in [2.24, 2.45) is 0 Å². The molecule has 4 aliphatic heterocycles. The number of hydrogen-bond donors (Lipinski definition) is 0. The largest absolute Gasteiger partial charge is 0.458 e. The molecule has 11 heterocycles. The van der Waals surface area contributed by atoms with Crippen LogP contribution in [0.4, 0.5) is 0 Å². The molecule has 0 aliphatic carbocycles. The first-order valence-electron chi connectivity index (χ1n) is 45.6. The average molecular weight is 1700 g/mol. The Kier molecular flexibility index (Phi) is 14.9. The van der Waals surface area contributed by atoms with Crippen LogP contribution in [0, 0.1) is 0 Å². The van der Waals surface area contributed by atoms with Gasteiger partial charge in [0.15, 0.2) is 0 Å². The molecule has 616 valence electrons. The first-order valence-corrected chi connectivity index (χ1v) is 45.6. The second-order valence-corrected chi connectivity index (χ2v) is 35.6. The molecule has 7 aromatic heterocycles. The summed E-state index contributed by atoms with van der Waals surface area (Å²) in [6.07, 6.45) is 0. The van der Waals surface area contributed by atoms with Crippen LogP contribution in [0.25, 0.3) is 192 Å². The summed E-state index contributed by atoms with van der Waals surface area (Å²) >= 11 is 0. The summed E-state index contributed by atoms with van der Waals surface area (Å²) in [5, 5.41) is 17.1. The average Bonchev–Trinajstić information content (AvgIpc) is 1.27. The van der Waals surface area contributed by atoms with Crippen molar-refractivity contribution in [1.29, 1.82) is 0 Å². The van der Waals surface area contributed by atoms with Crippen molar-refractivity contribution in [2.45, 2.75) is 0 Å². The van der Waals surface area contributed by atoms with Crippen LogP contribution in [0.15, 0.2) is 431 Å². The van der Waals surface area contributed by atoms with E-state index in [0.717, 1.165) is 141 Å². The van der Waals surface area contributed by atoms with E-state index < -0.39 is 0 Å². The maximum absolute atomic E-state index is 7.21. The van der Waals surface area contributed by atoms with Crippen LogP contribution >= 0.6 is 0 Å². The van der Waals surface area contributed by atoms with Crippen LogP contribution in [0.2, 0.25) is 0 Å². The Morgan fingerprint density at radius 1 is 0.135 bits per heavy atom. The topological polar surface area (TPSA) is 71.4 Å². The molecule has 27 aromatic rings. The predicted octanol–water partition coefficient (Wildman–Crippen LogP) is 26.5. The molecule has 0 atom stereocenters. The fourth-order valence-electron chi connectivity index (χ4n) is 23.4. The predicted molar refractivity (Wildman–Crippen MR) is 549 cm³/mol. The number of nitrogens with zero attached hydrogens (tertiary/aromatic N) is 7. The van der Waals surface area contributed by atoms with E-state index >= 15 is 0 Å². The van der Waals surface area contributed by atoms with E-state index in [1.165, 1.54) is 131 Å². The molecule has 0 N–H and O–H groups in total. The van der Waals surface area contributed by atoms with E-state index in [-0.39, 0.29) is 13.4 Å². The highest BCUT2D eigenvalue weighted by molar-refractivity contribution is 6.99. The van der Waals surface area contributed by atoms with Crippen LogP contribution in [0.5, 0.6) is 46.0 Å². The Balaban J connectivity index is 0.000000130. The molecule has 0 saturated heterocycles. The van der Waals surface area contributed by atoms with Gasteiger partial charge >= 0.3 is 0 Å².